The lowest BCUT2D eigenvalue weighted by atomic mass is 9.89. The molecule has 2 unspecified atom stereocenters. The van der Waals surface area contributed by atoms with Gasteiger partial charge in [0.15, 0.2) is 0 Å². The van der Waals surface area contributed by atoms with Gasteiger partial charge in [-0.1, -0.05) is 13.8 Å². The SMILES string of the molecule is CCSCCN1CC(CC)NCC1(C)C1CC1. The van der Waals surface area contributed by atoms with E-state index in [1.807, 2.05) is 0 Å². The van der Waals surface area contributed by atoms with Crippen LogP contribution >= 0.6 is 11.8 Å². The van der Waals surface area contributed by atoms with Gasteiger partial charge >= 0.3 is 0 Å². The predicted molar refractivity (Wildman–Crippen MR) is 77.8 cm³/mol. The van der Waals surface area contributed by atoms with E-state index >= 15 is 0 Å². The summed E-state index contributed by atoms with van der Waals surface area (Å²) >= 11 is 2.08. The number of thioether (sulfide) groups is 1. The summed E-state index contributed by atoms with van der Waals surface area (Å²) in [6, 6.07) is 0.716. The summed E-state index contributed by atoms with van der Waals surface area (Å²) in [5.74, 6) is 3.51. The largest absolute Gasteiger partial charge is 0.311 e. The Balaban J connectivity index is 1.93. The zero-order valence-electron chi connectivity index (χ0n) is 11.7. The van der Waals surface area contributed by atoms with Gasteiger partial charge in [-0.3, -0.25) is 4.90 Å². The molecule has 0 amide bonds. The van der Waals surface area contributed by atoms with Crippen LogP contribution in [-0.2, 0) is 0 Å². The molecule has 0 spiro atoms. The second kappa shape index (κ2) is 5.94. The van der Waals surface area contributed by atoms with E-state index in [1.54, 1.807) is 0 Å². The minimum absolute atomic E-state index is 0.444. The van der Waals surface area contributed by atoms with Crippen LogP contribution in [0.2, 0.25) is 0 Å². The maximum absolute atomic E-state index is 3.75. The van der Waals surface area contributed by atoms with Crippen LogP contribution in [0.25, 0.3) is 0 Å². The molecule has 2 atom stereocenters. The number of piperazine rings is 1. The standard InChI is InChI=1S/C14H28N2S/c1-4-13-10-16(8-9-17-5-2)14(3,11-15-13)12-6-7-12/h12-13,15H,4-11H2,1-3H3. The highest BCUT2D eigenvalue weighted by atomic mass is 32.2. The lowest BCUT2D eigenvalue weighted by Crippen LogP contribution is -2.64. The third-order valence-electron chi connectivity index (χ3n) is 4.57. The Labute approximate surface area is 111 Å². The summed E-state index contributed by atoms with van der Waals surface area (Å²) in [5, 5.41) is 3.75. The first-order valence-corrected chi connectivity index (χ1v) is 8.42. The second-order valence-corrected chi connectivity index (χ2v) is 7.15. The molecule has 2 aliphatic rings. The molecule has 1 heterocycles. The van der Waals surface area contributed by atoms with E-state index in [9.17, 15) is 0 Å². The lowest BCUT2D eigenvalue weighted by molar-refractivity contribution is 0.0402. The average Bonchev–Trinajstić information content (AvgIpc) is 3.16. The summed E-state index contributed by atoms with van der Waals surface area (Å²) in [6.45, 7) is 10.8. The zero-order valence-corrected chi connectivity index (χ0v) is 12.5. The molecule has 3 heteroatoms. The van der Waals surface area contributed by atoms with Crippen molar-refractivity contribution in [1.82, 2.24) is 10.2 Å². The fourth-order valence-corrected chi connectivity index (χ4v) is 3.69. The highest BCUT2D eigenvalue weighted by molar-refractivity contribution is 7.99. The van der Waals surface area contributed by atoms with Crippen molar-refractivity contribution in [2.45, 2.75) is 51.6 Å². The molecule has 1 saturated heterocycles. The van der Waals surface area contributed by atoms with Gasteiger partial charge in [0, 0.05) is 37.0 Å². The minimum Gasteiger partial charge on any atom is -0.311 e. The molecule has 1 saturated carbocycles. The van der Waals surface area contributed by atoms with Crippen molar-refractivity contribution < 1.29 is 0 Å². The van der Waals surface area contributed by atoms with Gasteiger partial charge in [0.2, 0.25) is 0 Å². The van der Waals surface area contributed by atoms with Gasteiger partial charge in [-0.15, -0.1) is 0 Å². The molecule has 0 aromatic rings. The maximum atomic E-state index is 3.75. The van der Waals surface area contributed by atoms with Crippen molar-refractivity contribution in [1.29, 1.82) is 0 Å². The normalized spacial score (nSPS) is 35.1. The fourth-order valence-electron chi connectivity index (χ4n) is 3.05. The summed E-state index contributed by atoms with van der Waals surface area (Å²) in [4.78, 5) is 2.79. The Bertz CT molecular complexity index is 242. The molecule has 0 radical (unpaired) electrons. The number of nitrogens with zero attached hydrogens (tertiary/aromatic N) is 1. The van der Waals surface area contributed by atoms with Gasteiger partial charge in [-0.2, -0.15) is 11.8 Å². The van der Waals surface area contributed by atoms with Gasteiger partial charge in [0.05, 0.1) is 0 Å². The summed E-state index contributed by atoms with van der Waals surface area (Å²) in [5.41, 5.74) is 0.444. The molecule has 0 aromatic heterocycles. The van der Waals surface area contributed by atoms with Crippen LogP contribution in [0.1, 0.15) is 40.0 Å². The van der Waals surface area contributed by atoms with E-state index in [2.05, 4.69) is 42.7 Å². The first-order valence-electron chi connectivity index (χ1n) is 7.27. The van der Waals surface area contributed by atoms with Gasteiger partial charge in [0.25, 0.3) is 0 Å². The molecule has 1 aliphatic heterocycles. The molecule has 1 aliphatic carbocycles. The lowest BCUT2D eigenvalue weighted by Gasteiger charge is -2.48. The fraction of sp³-hybridized carbons (Fsp3) is 1.00. The molecule has 2 rings (SSSR count). The quantitative estimate of drug-likeness (QED) is 0.735. The third kappa shape index (κ3) is 3.18. The summed E-state index contributed by atoms with van der Waals surface area (Å²) < 4.78 is 0. The highest BCUT2D eigenvalue weighted by Crippen LogP contribution is 2.44. The molecular formula is C14H28N2S. The monoisotopic (exact) mass is 256 g/mol. The minimum atomic E-state index is 0.444. The molecule has 2 nitrogen and oxygen atoms in total. The van der Waals surface area contributed by atoms with Crippen LogP contribution in [0.4, 0.5) is 0 Å². The topological polar surface area (TPSA) is 15.3 Å². The van der Waals surface area contributed by atoms with Crippen LogP contribution in [-0.4, -0.2) is 47.6 Å². The van der Waals surface area contributed by atoms with Gasteiger partial charge in [-0.25, -0.2) is 0 Å². The van der Waals surface area contributed by atoms with Crippen molar-refractivity contribution in [3.8, 4) is 0 Å². The number of hydrogen-bond donors (Lipinski definition) is 1. The van der Waals surface area contributed by atoms with E-state index in [-0.39, 0.29) is 0 Å². The first-order chi connectivity index (χ1) is 8.20. The molecule has 0 bridgehead atoms. The second-order valence-electron chi connectivity index (χ2n) is 5.76. The molecule has 17 heavy (non-hydrogen) atoms. The molecular weight excluding hydrogens is 228 g/mol. The van der Waals surface area contributed by atoms with Crippen molar-refractivity contribution >= 4 is 11.8 Å². The molecule has 0 aromatic carbocycles. The summed E-state index contributed by atoms with van der Waals surface area (Å²) in [6.07, 6.45) is 4.16. The van der Waals surface area contributed by atoms with Crippen LogP contribution in [0.5, 0.6) is 0 Å². The van der Waals surface area contributed by atoms with Gasteiger partial charge in [-0.05, 0) is 37.9 Å². The van der Waals surface area contributed by atoms with Gasteiger partial charge < -0.3 is 5.32 Å². The molecule has 2 fully saturated rings. The van der Waals surface area contributed by atoms with E-state index < -0.39 is 0 Å². The third-order valence-corrected chi connectivity index (χ3v) is 5.45. The van der Waals surface area contributed by atoms with E-state index in [0.29, 0.717) is 11.6 Å². The Kier molecular flexibility index (Phi) is 4.79. The maximum Gasteiger partial charge on any atom is 0.0335 e. The summed E-state index contributed by atoms with van der Waals surface area (Å²) in [7, 11) is 0. The van der Waals surface area contributed by atoms with Gasteiger partial charge in [0.1, 0.15) is 0 Å². The highest BCUT2D eigenvalue weighted by Gasteiger charge is 2.47. The Morgan fingerprint density at radius 1 is 1.35 bits per heavy atom. The zero-order chi connectivity index (χ0) is 12.3. The predicted octanol–water partition coefficient (Wildman–Crippen LogP) is 2.59. The number of rotatable bonds is 6. The smallest absolute Gasteiger partial charge is 0.0335 e. The van der Waals surface area contributed by atoms with E-state index in [0.717, 1.165) is 5.92 Å². The molecule has 100 valence electrons. The van der Waals surface area contributed by atoms with Crippen LogP contribution in [0, 0.1) is 5.92 Å². The number of hydrogen-bond acceptors (Lipinski definition) is 3. The van der Waals surface area contributed by atoms with E-state index in [1.165, 1.54) is 50.4 Å². The van der Waals surface area contributed by atoms with Crippen molar-refractivity contribution in [2.24, 2.45) is 5.92 Å². The average molecular weight is 256 g/mol. The Morgan fingerprint density at radius 2 is 2.12 bits per heavy atom. The van der Waals surface area contributed by atoms with Crippen molar-refractivity contribution in [3.63, 3.8) is 0 Å². The van der Waals surface area contributed by atoms with Crippen LogP contribution in [0.15, 0.2) is 0 Å². The van der Waals surface area contributed by atoms with Crippen molar-refractivity contribution in [2.75, 3.05) is 31.1 Å². The number of nitrogens with one attached hydrogen (secondary N) is 1. The Morgan fingerprint density at radius 3 is 2.71 bits per heavy atom. The van der Waals surface area contributed by atoms with Crippen LogP contribution in [0.3, 0.4) is 0 Å². The molecule has 1 N–H and O–H groups in total. The van der Waals surface area contributed by atoms with Crippen LogP contribution < -0.4 is 5.32 Å². The first kappa shape index (κ1) is 13.7. The van der Waals surface area contributed by atoms with Crippen molar-refractivity contribution in [3.05, 3.63) is 0 Å². The Hall–Kier alpha value is 0.270. The van der Waals surface area contributed by atoms with E-state index in [4.69, 9.17) is 0 Å².